The summed E-state index contributed by atoms with van der Waals surface area (Å²) in [5, 5.41) is 16.2. The molecule has 2 heterocycles. The van der Waals surface area contributed by atoms with Crippen LogP contribution in [0.1, 0.15) is 56.2 Å². The Hall–Kier alpha value is -3.15. The van der Waals surface area contributed by atoms with Crippen molar-refractivity contribution in [2.75, 3.05) is 5.32 Å². The third kappa shape index (κ3) is 3.30. The number of anilines is 1. The summed E-state index contributed by atoms with van der Waals surface area (Å²) in [6, 6.07) is 3.77. The van der Waals surface area contributed by atoms with Crippen molar-refractivity contribution in [1.82, 2.24) is 18.9 Å². The van der Waals surface area contributed by atoms with Crippen LogP contribution in [0.25, 0.3) is 0 Å². The van der Waals surface area contributed by atoms with Gasteiger partial charge < -0.3 is 5.32 Å². The standard InChI is InChI=1S/C18H20N6O3/c19-9-12-10-22(13-5-6-13)18(27)23(17(12)26)11-16(25)21-15-7-8-20-24(15)14-3-1-2-4-14/h7-8,10,13-14H,1-6,11H2,(H,21,25). The van der Waals surface area contributed by atoms with E-state index in [2.05, 4.69) is 10.4 Å². The summed E-state index contributed by atoms with van der Waals surface area (Å²) < 4.78 is 4.01. The molecule has 1 N–H and O–H groups in total. The molecule has 1 amide bonds. The van der Waals surface area contributed by atoms with E-state index in [0.29, 0.717) is 5.82 Å². The van der Waals surface area contributed by atoms with Gasteiger partial charge in [-0.05, 0) is 25.7 Å². The van der Waals surface area contributed by atoms with Gasteiger partial charge in [-0.3, -0.25) is 14.2 Å². The highest BCUT2D eigenvalue weighted by atomic mass is 16.2. The van der Waals surface area contributed by atoms with Crippen LogP contribution >= 0.6 is 0 Å². The van der Waals surface area contributed by atoms with Crippen molar-refractivity contribution in [2.45, 2.75) is 57.2 Å². The fraction of sp³-hybridized carbons (Fsp3) is 0.500. The average Bonchev–Trinajstić information content (AvgIpc) is 3.15. The maximum atomic E-state index is 12.6. The van der Waals surface area contributed by atoms with Gasteiger partial charge in [0, 0.05) is 18.3 Å². The van der Waals surface area contributed by atoms with Gasteiger partial charge in [-0.15, -0.1) is 0 Å². The summed E-state index contributed by atoms with van der Waals surface area (Å²) in [5.74, 6) is 0.0605. The molecular weight excluding hydrogens is 348 g/mol. The Morgan fingerprint density at radius 2 is 1.96 bits per heavy atom. The van der Waals surface area contributed by atoms with E-state index in [0.717, 1.165) is 43.1 Å². The van der Waals surface area contributed by atoms with Crippen LogP contribution in [0.3, 0.4) is 0 Å². The number of carbonyl (C=O) groups is 1. The topological polar surface area (TPSA) is 115 Å². The van der Waals surface area contributed by atoms with Crippen LogP contribution in [0.2, 0.25) is 0 Å². The average molecular weight is 368 g/mol. The molecule has 0 radical (unpaired) electrons. The second kappa shape index (κ2) is 6.87. The highest BCUT2D eigenvalue weighted by molar-refractivity contribution is 5.89. The minimum absolute atomic E-state index is 0.00306. The van der Waals surface area contributed by atoms with Crippen molar-refractivity contribution in [2.24, 2.45) is 0 Å². The maximum Gasteiger partial charge on any atom is 0.331 e. The summed E-state index contributed by atoms with van der Waals surface area (Å²) >= 11 is 0. The van der Waals surface area contributed by atoms with E-state index < -0.39 is 23.7 Å². The lowest BCUT2D eigenvalue weighted by molar-refractivity contribution is -0.116. The van der Waals surface area contributed by atoms with Gasteiger partial charge in [-0.1, -0.05) is 12.8 Å². The van der Waals surface area contributed by atoms with Crippen LogP contribution in [0.15, 0.2) is 28.0 Å². The van der Waals surface area contributed by atoms with Crippen LogP contribution in [0.5, 0.6) is 0 Å². The zero-order chi connectivity index (χ0) is 19.0. The molecule has 27 heavy (non-hydrogen) atoms. The number of nitrogens with one attached hydrogen (secondary N) is 1. The van der Waals surface area contributed by atoms with Gasteiger partial charge in [0.05, 0.1) is 12.2 Å². The number of rotatable bonds is 5. The van der Waals surface area contributed by atoms with Crippen molar-refractivity contribution in [3.8, 4) is 6.07 Å². The highest BCUT2D eigenvalue weighted by Gasteiger charge is 2.27. The molecule has 4 rings (SSSR count). The van der Waals surface area contributed by atoms with Crippen LogP contribution in [-0.2, 0) is 11.3 Å². The quantitative estimate of drug-likeness (QED) is 0.851. The van der Waals surface area contributed by atoms with Gasteiger partial charge in [-0.2, -0.15) is 10.4 Å². The van der Waals surface area contributed by atoms with E-state index in [4.69, 9.17) is 5.26 Å². The molecule has 0 spiro atoms. The number of hydrogen-bond donors (Lipinski definition) is 1. The summed E-state index contributed by atoms with van der Waals surface area (Å²) in [5.41, 5.74) is -1.43. The van der Waals surface area contributed by atoms with Crippen LogP contribution < -0.4 is 16.6 Å². The van der Waals surface area contributed by atoms with E-state index in [1.165, 1.54) is 10.8 Å². The predicted octanol–water partition coefficient (Wildman–Crippen LogP) is 1.17. The monoisotopic (exact) mass is 368 g/mol. The van der Waals surface area contributed by atoms with Crippen LogP contribution in [0, 0.1) is 11.3 Å². The largest absolute Gasteiger partial charge is 0.331 e. The van der Waals surface area contributed by atoms with Crippen molar-refractivity contribution < 1.29 is 4.79 Å². The lowest BCUT2D eigenvalue weighted by Crippen LogP contribution is -2.43. The fourth-order valence-electron chi connectivity index (χ4n) is 3.63. The smallest absolute Gasteiger partial charge is 0.309 e. The fourth-order valence-corrected chi connectivity index (χ4v) is 3.63. The van der Waals surface area contributed by atoms with Crippen molar-refractivity contribution in [3.63, 3.8) is 0 Å². The summed E-state index contributed by atoms with van der Waals surface area (Å²) in [7, 11) is 0. The zero-order valence-electron chi connectivity index (χ0n) is 14.8. The number of aromatic nitrogens is 4. The van der Waals surface area contributed by atoms with E-state index in [-0.39, 0.29) is 17.6 Å². The molecule has 9 heteroatoms. The summed E-state index contributed by atoms with van der Waals surface area (Å²) in [4.78, 5) is 37.4. The first-order valence-electron chi connectivity index (χ1n) is 9.18. The minimum atomic E-state index is -0.737. The molecule has 2 aliphatic carbocycles. The van der Waals surface area contributed by atoms with Crippen molar-refractivity contribution >= 4 is 11.7 Å². The van der Waals surface area contributed by atoms with E-state index in [1.807, 2.05) is 6.07 Å². The lowest BCUT2D eigenvalue weighted by Gasteiger charge is -2.15. The SMILES string of the molecule is N#Cc1cn(C2CC2)c(=O)n(CC(=O)Nc2ccnn2C2CCCC2)c1=O. The van der Waals surface area contributed by atoms with E-state index in [9.17, 15) is 14.4 Å². The third-order valence-corrected chi connectivity index (χ3v) is 5.17. The molecule has 0 aromatic carbocycles. The first-order valence-corrected chi connectivity index (χ1v) is 9.18. The molecule has 0 bridgehead atoms. The number of nitriles is 1. The molecule has 140 valence electrons. The Morgan fingerprint density at radius 1 is 1.22 bits per heavy atom. The molecule has 2 aliphatic rings. The van der Waals surface area contributed by atoms with Gasteiger partial charge in [-0.25, -0.2) is 14.0 Å². The first kappa shape index (κ1) is 17.3. The molecule has 2 fully saturated rings. The summed E-state index contributed by atoms with van der Waals surface area (Å²) in [6.45, 7) is -0.435. The molecule has 0 unspecified atom stereocenters. The summed E-state index contributed by atoms with van der Waals surface area (Å²) in [6.07, 6.45) is 8.87. The number of nitrogens with zero attached hydrogens (tertiary/aromatic N) is 5. The number of carbonyl (C=O) groups excluding carboxylic acids is 1. The Bertz CT molecular complexity index is 1030. The van der Waals surface area contributed by atoms with Crippen LogP contribution in [-0.4, -0.2) is 24.8 Å². The highest BCUT2D eigenvalue weighted by Crippen LogP contribution is 2.33. The Kier molecular flexibility index (Phi) is 4.39. The number of amides is 1. The van der Waals surface area contributed by atoms with E-state index in [1.54, 1.807) is 16.9 Å². The van der Waals surface area contributed by atoms with Crippen LogP contribution in [0.4, 0.5) is 5.82 Å². The van der Waals surface area contributed by atoms with Gasteiger partial charge >= 0.3 is 5.69 Å². The first-order chi connectivity index (χ1) is 13.1. The maximum absolute atomic E-state index is 12.6. The Morgan fingerprint density at radius 3 is 2.63 bits per heavy atom. The number of hydrogen-bond acceptors (Lipinski definition) is 5. The Balaban J connectivity index is 1.58. The normalized spacial score (nSPS) is 17.0. The molecular formula is C18H20N6O3. The molecule has 2 aromatic rings. The van der Waals surface area contributed by atoms with Gasteiger partial charge in [0.15, 0.2) is 0 Å². The second-order valence-electron chi connectivity index (χ2n) is 7.11. The molecule has 9 nitrogen and oxygen atoms in total. The lowest BCUT2D eigenvalue weighted by atomic mass is 10.2. The molecule has 2 saturated carbocycles. The van der Waals surface area contributed by atoms with E-state index >= 15 is 0 Å². The van der Waals surface area contributed by atoms with Gasteiger partial charge in [0.1, 0.15) is 24.0 Å². The van der Waals surface area contributed by atoms with Gasteiger partial charge in [0.2, 0.25) is 5.91 Å². The molecule has 0 atom stereocenters. The molecule has 2 aromatic heterocycles. The molecule has 0 saturated heterocycles. The Labute approximate surface area is 154 Å². The molecule has 0 aliphatic heterocycles. The van der Waals surface area contributed by atoms with Crippen molar-refractivity contribution in [1.29, 1.82) is 5.26 Å². The van der Waals surface area contributed by atoms with Crippen molar-refractivity contribution in [3.05, 3.63) is 44.9 Å². The van der Waals surface area contributed by atoms with Gasteiger partial charge in [0.25, 0.3) is 5.56 Å². The minimum Gasteiger partial charge on any atom is -0.309 e. The predicted molar refractivity (Wildman–Crippen MR) is 96.3 cm³/mol. The zero-order valence-corrected chi connectivity index (χ0v) is 14.8. The second-order valence-corrected chi connectivity index (χ2v) is 7.11. The third-order valence-electron chi connectivity index (χ3n) is 5.17.